The molecule has 3 aliphatic rings. The number of ether oxygens (including phenoxy) is 2. The van der Waals surface area contributed by atoms with Crippen molar-refractivity contribution in [2.45, 2.75) is 49.2 Å². The van der Waals surface area contributed by atoms with E-state index in [1.165, 1.54) is 10.9 Å². The van der Waals surface area contributed by atoms with Crippen LogP contribution in [-0.2, 0) is 36.7 Å². The van der Waals surface area contributed by atoms with Gasteiger partial charge in [0, 0.05) is 16.8 Å². The van der Waals surface area contributed by atoms with Crippen LogP contribution in [-0.4, -0.2) is 83.9 Å². The van der Waals surface area contributed by atoms with Gasteiger partial charge in [-0.05, 0) is 0 Å². The Bertz CT molecular complexity index is 1650. The van der Waals surface area contributed by atoms with Crippen LogP contribution in [0.1, 0.15) is 12.5 Å². The third-order valence-electron chi connectivity index (χ3n) is 6.53. The van der Waals surface area contributed by atoms with E-state index in [1.54, 1.807) is 0 Å². The van der Waals surface area contributed by atoms with E-state index in [1.807, 2.05) is 4.98 Å². The summed E-state index contributed by atoms with van der Waals surface area (Å²) in [6.07, 6.45) is -10.9. The lowest BCUT2D eigenvalue weighted by molar-refractivity contribution is -0.0636. The largest absolute Gasteiger partial charge is 0.697 e. The normalized spacial score (nSPS) is 37.3. The smallest absolute Gasteiger partial charge is 0.382 e. The maximum Gasteiger partial charge on any atom is 0.697 e. The number of hydrogen-bond acceptors (Lipinski definition) is 14. The molecule has 0 radical (unpaired) electrons. The van der Waals surface area contributed by atoms with Crippen LogP contribution >= 0.6 is 16.1 Å². The van der Waals surface area contributed by atoms with Crippen LogP contribution < -0.4 is 17.0 Å². The van der Waals surface area contributed by atoms with Gasteiger partial charge in [-0.25, -0.2) is 33.1 Å². The second-order valence-electron chi connectivity index (χ2n) is 9.04. The molecule has 10 atom stereocenters. The molecule has 0 saturated carbocycles. The van der Waals surface area contributed by atoms with Gasteiger partial charge in [-0.15, -0.1) is 9.05 Å². The summed E-state index contributed by atoms with van der Waals surface area (Å²) < 4.78 is 90.0. The number of rotatable bonds is 2. The molecular weight excluding hydrogens is 602 g/mol. The van der Waals surface area contributed by atoms with Crippen LogP contribution in [0.5, 0.6) is 0 Å². The molecular formula is C19H20F2N7O11P2+. The van der Waals surface area contributed by atoms with Crippen molar-refractivity contribution < 1.29 is 50.4 Å². The molecule has 3 aromatic heterocycles. The molecule has 0 spiro atoms. The molecule has 220 valence electrons. The summed E-state index contributed by atoms with van der Waals surface area (Å²) in [5.74, 6) is 0.00746. The molecule has 3 saturated heterocycles. The molecule has 3 aromatic rings. The summed E-state index contributed by atoms with van der Waals surface area (Å²) in [5.41, 5.74) is 4.25. The first kappa shape index (κ1) is 28.1. The summed E-state index contributed by atoms with van der Waals surface area (Å²) >= 11 is 0. The van der Waals surface area contributed by atoms with E-state index in [4.69, 9.17) is 33.3 Å². The Morgan fingerprint density at radius 2 is 1.85 bits per heavy atom. The number of imidazole rings is 1. The number of aromatic amines is 1. The number of nitrogens with zero attached hydrogens (tertiary/aromatic N) is 5. The third kappa shape index (κ3) is 5.22. The molecule has 3 aliphatic heterocycles. The van der Waals surface area contributed by atoms with E-state index >= 15 is 8.78 Å². The Morgan fingerprint density at radius 1 is 1.07 bits per heavy atom. The van der Waals surface area contributed by atoms with Gasteiger partial charge >= 0.3 is 21.8 Å². The molecule has 6 heterocycles. The fraction of sp³-hybridized carbons (Fsp3) is 0.526. The van der Waals surface area contributed by atoms with E-state index < -0.39 is 89.8 Å². The van der Waals surface area contributed by atoms with Crippen molar-refractivity contribution in [3.8, 4) is 0 Å². The molecule has 0 aromatic carbocycles. The van der Waals surface area contributed by atoms with Crippen LogP contribution in [0.15, 0.2) is 34.5 Å². The minimum absolute atomic E-state index is 0.00746. The maximum atomic E-state index is 15.5. The SMILES string of the molecule is Nc1ncnc2c1ncn2[C@@H]1O[C@@H]2CO[P+](=O)OC3[C@@H](F)[C@H](n4ccc(=O)[nH]c4=O)O[C@@H]3COP(=O)(O)O[C@@H]1[C@@H]2F. The topological polar surface area (TPSA) is 234 Å². The van der Waals surface area contributed by atoms with E-state index in [0.717, 1.165) is 18.6 Å². The lowest BCUT2D eigenvalue weighted by atomic mass is 10.1. The van der Waals surface area contributed by atoms with Gasteiger partial charge in [0.05, 0.1) is 12.9 Å². The van der Waals surface area contributed by atoms with Crippen molar-refractivity contribution in [2.24, 2.45) is 0 Å². The molecule has 3 fully saturated rings. The summed E-state index contributed by atoms with van der Waals surface area (Å²) in [6.45, 7) is -1.61. The van der Waals surface area contributed by atoms with E-state index in [9.17, 15) is 23.6 Å². The van der Waals surface area contributed by atoms with Crippen molar-refractivity contribution in [2.75, 3.05) is 18.9 Å². The molecule has 22 heteroatoms. The summed E-state index contributed by atoms with van der Waals surface area (Å²) in [4.78, 5) is 47.9. The van der Waals surface area contributed by atoms with Crippen molar-refractivity contribution >= 4 is 33.1 Å². The zero-order chi connectivity index (χ0) is 29.1. The van der Waals surface area contributed by atoms with Gasteiger partial charge in [-0.2, -0.15) is 0 Å². The average Bonchev–Trinajstić information content (AvgIpc) is 3.57. The summed E-state index contributed by atoms with van der Waals surface area (Å²) in [5, 5.41) is 0. The number of fused-ring (bicyclic) bond motifs is 4. The van der Waals surface area contributed by atoms with Gasteiger partial charge in [0.25, 0.3) is 5.56 Å². The average molecular weight is 622 g/mol. The lowest BCUT2D eigenvalue weighted by Crippen LogP contribution is -2.36. The molecule has 6 rings (SSSR count). The zero-order valence-electron chi connectivity index (χ0n) is 20.3. The fourth-order valence-electron chi connectivity index (χ4n) is 4.64. The quantitative estimate of drug-likeness (QED) is 0.319. The van der Waals surface area contributed by atoms with Crippen LogP contribution in [0.3, 0.4) is 0 Å². The van der Waals surface area contributed by atoms with Crippen molar-refractivity contribution in [3.05, 3.63) is 45.8 Å². The predicted octanol–water partition coefficient (Wildman–Crippen LogP) is 0.00470. The van der Waals surface area contributed by atoms with E-state index in [0.29, 0.717) is 4.57 Å². The third-order valence-corrected chi connectivity index (χ3v) is 8.29. The number of nitrogen functional groups attached to an aromatic ring is 1. The minimum atomic E-state index is -5.14. The predicted molar refractivity (Wildman–Crippen MR) is 128 cm³/mol. The summed E-state index contributed by atoms with van der Waals surface area (Å²) in [7, 11) is -8.28. The maximum absolute atomic E-state index is 15.5. The van der Waals surface area contributed by atoms with Crippen molar-refractivity contribution in [3.63, 3.8) is 0 Å². The van der Waals surface area contributed by atoms with E-state index in [-0.39, 0.29) is 17.0 Å². The number of phosphoric acid groups is 1. The number of phosphoric ester groups is 1. The summed E-state index contributed by atoms with van der Waals surface area (Å²) in [6, 6.07) is 0.936. The van der Waals surface area contributed by atoms with E-state index in [2.05, 4.69) is 15.0 Å². The fourth-order valence-corrected chi connectivity index (χ4v) is 6.35. The van der Waals surface area contributed by atoms with Crippen LogP contribution in [0.4, 0.5) is 14.6 Å². The van der Waals surface area contributed by atoms with Crippen LogP contribution in [0.2, 0.25) is 0 Å². The molecule has 18 nitrogen and oxygen atoms in total. The van der Waals surface area contributed by atoms with Gasteiger partial charge in [0.1, 0.15) is 36.8 Å². The zero-order valence-corrected chi connectivity index (χ0v) is 22.1. The Kier molecular flexibility index (Phi) is 7.29. The molecule has 41 heavy (non-hydrogen) atoms. The second-order valence-corrected chi connectivity index (χ2v) is 11.4. The second kappa shape index (κ2) is 10.6. The molecule has 2 bridgehead atoms. The number of halogens is 2. The van der Waals surface area contributed by atoms with Gasteiger partial charge in [0.2, 0.25) is 0 Å². The molecule has 3 unspecified atom stereocenters. The molecule has 0 amide bonds. The number of hydrogen-bond donors (Lipinski definition) is 3. The Labute approximate surface area is 226 Å². The van der Waals surface area contributed by atoms with Crippen molar-refractivity contribution in [1.29, 1.82) is 0 Å². The highest BCUT2D eigenvalue weighted by atomic mass is 31.2. The number of alkyl halides is 2. The monoisotopic (exact) mass is 622 g/mol. The van der Waals surface area contributed by atoms with Gasteiger partial charge in [-0.3, -0.25) is 28.0 Å². The van der Waals surface area contributed by atoms with Crippen LogP contribution in [0, 0.1) is 0 Å². The standard InChI is InChI=1S/C19H19F2N7O11P2/c20-10-7-3-34-40(31)38-13-8(37-17(11(13)21)27-2-1-9(29)26-19(27)30)4-35-41(32,33)39-14(10)18(36-7)28-6-25-12-15(22)23-5-24-16(12)28/h1-2,5-8,10-11,13-14,17-18H,3-4H2,(H3-,22,23,24,26,29,30,32,33)/p+1/t7-,8-,10-,11-,13?,14-,17-,18-/m1/s1. The van der Waals surface area contributed by atoms with Crippen LogP contribution in [0.25, 0.3) is 11.2 Å². The first-order chi connectivity index (χ1) is 19.5. The number of anilines is 1. The highest BCUT2D eigenvalue weighted by Gasteiger charge is 2.56. The van der Waals surface area contributed by atoms with Gasteiger partial charge in [0.15, 0.2) is 42.4 Å². The number of aromatic nitrogens is 6. The Balaban J connectivity index is 1.29. The van der Waals surface area contributed by atoms with Gasteiger partial charge < -0.3 is 20.1 Å². The number of H-pyrrole nitrogens is 1. The number of nitrogens with two attached hydrogens (primary N) is 1. The Morgan fingerprint density at radius 3 is 2.63 bits per heavy atom. The highest BCUT2D eigenvalue weighted by Crippen LogP contribution is 2.51. The molecule has 0 aliphatic carbocycles. The Hall–Kier alpha value is -3.06. The van der Waals surface area contributed by atoms with Gasteiger partial charge in [-0.1, -0.05) is 0 Å². The highest BCUT2D eigenvalue weighted by molar-refractivity contribution is 7.47. The first-order valence-corrected chi connectivity index (χ1v) is 14.4. The lowest BCUT2D eigenvalue weighted by Gasteiger charge is -2.24. The number of nitrogens with one attached hydrogen (secondary N) is 1. The first-order valence-electron chi connectivity index (χ1n) is 11.8. The minimum Gasteiger partial charge on any atom is -0.382 e. The van der Waals surface area contributed by atoms with Crippen molar-refractivity contribution in [1.82, 2.24) is 29.1 Å². The molecule has 4 N–H and O–H groups in total.